The summed E-state index contributed by atoms with van der Waals surface area (Å²) >= 11 is 1.92. The fourth-order valence-electron chi connectivity index (χ4n) is 2.16. The Hall–Kier alpha value is -0.300. The van der Waals surface area contributed by atoms with Crippen molar-refractivity contribution in [3.63, 3.8) is 0 Å². The third kappa shape index (κ3) is 2.84. The van der Waals surface area contributed by atoms with E-state index < -0.39 is 0 Å². The molecule has 0 aromatic carbocycles. The Kier molecular flexibility index (Phi) is 3.65. The van der Waals surface area contributed by atoms with Crippen molar-refractivity contribution in [2.75, 3.05) is 0 Å². The highest BCUT2D eigenvalue weighted by Crippen LogP contribution is 2.39. The van der Waals surface area contributed by atoms with Gasteiger partial charge in [-0.2, -0.15) is 0 Å². The maximum Gasteiger partial charge on any atom is 0.0139 e. The molecule has 0 aliphatic rings. The molecule has 1 heterocycles. The Labute approximate surface area is 98.7 Å². The van der Waals surface area contributed by atoms with Crippen LogP contribution in [0.3, 0.4) is 0 Å². The standard InChI is InChI=1S/C14H24S/c1-7-9-14(5,6)12-11(8-10-15-12)13(2,3)4/h8,10H,7,9H2,1-6H3. The summed E-state index contributed by atoms with van der Waals surface area (Å²) in [4.78, 5) is 1.58. The van der Waals surface area contributed by atoms with Gasteiger partial charge in [0.05, 0.1) is 0 Å². The first-order valence-electron chi connectivity index (χ1n) is 5.87. The topological polar surface area (TPSA) is 0 Å². The van der Waals surface area contributed by atoms with Crippen molar-refractivity contribution in [2.45, 2.75) is 65.2 Å². The van der Waals surface area contributed by atoms with E-state index in [-0.39, 0.29) is 5.41 Å². The van der Waals surface area contributed by atoms with Crippen LogP contribution in [0.4, 0.5) is 0 Å². The average molecular weight is 224 g/mol. The molecule has 0 spiro atoms. The van der Waals surface area contributed by atoms with Gasteiger partial charge in [-0.05, 0) is 34.3 Å². The number of thiophene rings is 1. The lowest BCUT2D eigenvalue weighted by molar-refractivity contribution is 0.464. The van der Waals surface area contributed by atoms with Crippen molar-refractivity contribution in [1.82, 2.24) is 0 Å². The van der Waals surface area contributed by atoms with Gasteiger partial charge >= 0.3 is 0 Å². The van der Waals surface area contributed by atoms with Gasteiger partial charge in [0.2, 0.25) is 0 Å². The molecule has 0 nitrogen and oxygen atoms in total. The van der Waals surface area contributed by atoms with Gasteiger partial charge in [0.1, 0.15) is 0 Å². The zero-order valence-electron chi connectivity index (χ0n) is 11.0. The van der Waals surface area contributed by atoms with Gasteiger partial charge in [-0.15, -0.1) is 11.3 Å². The molecule has 86 valence electrons. The quantitative estimate of drug-likeness (QED) is 0.668. The molecule has 0 atom stereocenters. The van der Waals surface area contributed by atoms with Crippen LogP contribution in [-0.2, 0) is 10.8 Å². The van der Waals surface area contributed by atoms with Gasteiger partial charge in [-0.1, -0.05) is 48.0 Å². The van der Waals surface area contributed by atoms with E-state index in [1.165, 1.54) is 18.4 Å². The molecule has 15 heavy (non-hydrogen) atoms. The third-order valence-electron chi connectivity index (χ3n) is 2.96. The molecule has 1 heteroatoms. The lowest BCUT2D eigenvalue weighted by atomic mass is 9.78. The van der Waals surface area contributed by atoms with Gasteiger partial charge < -0.3 is 0 Å². The van der Waals surface area contributed by atoms with E-state index in [1.54, 1.807) is 4.88 Å². The lowest BCUT2D eigenvalue weighted by Gasteiger charge is -2.29. The van der Waals surface area contributed by atoms with E-state index in [0.29, 0.717) is 5.41 Å². The smallest absolute Gasteiger partial charge is 0.0139 e. The zero-order valence-corrected chi connectivity index (χ0v) is 11.8. The lowest BCUT2D eigenvalue weighted by Crippen LogP contribution is -2.21. The van der Waals surface area contributed by atoms with Crippen molar-refractivity contribution in [2.24, 2.45) is 0 Å². The minimum Gasteiger partial charge on any atom is -0.148 e. The zero-order chi connectivity index (χ0) is 11.7. The highest BCUT2D eigenvalue weighted by Gasteiger charge is 2.28. The van der Waals surface area contributed by atoms with Crippen molar-refractivity contribution in [3.8, 4) is 0 Å². The van der Waals surface area contributed by atoms with Crippen molar-refractivity contribution in [3.05, 3.63) is 21.9 Å². The largest absolute Gasteiger partial charge is 0.148 e. The first-order chi connectivity index (χ1) is 6.79. The van der Waals surface area contributed by atoms with Crippen molar-refractivity contribution >= 4 is 11.3 Å². The molecular weight excluding hydrogens is 200 g/mol. The SMILES string of the molecule is CCCC(C)(C)c1sccc1C(C)(C)C. The van der Waals surface area contributed by atoms with Crippen LogP contribution >= 0.6 is 11.3 Å². The second-order valence-electron chi connectivity index (χ2n) is 6.05. The Morgan fingerprint density at radius 2 is 1.73 bits per heavy atom. The van der Waals surface area contributed by atoms with E-state index in [1.807, 2.05) is 11.3 Å². The van der Waals surface area contributed by atoms with Gasteiger partial charge in [0, 0.05) is 4.88 Å². The first-order valence-corrected chi connectivity index (χ1v) is 6.75. The molecule has 1 aromatic heterocycles. The molecule has 0 aliphatic carbocycles. The molecular formula is C14H24S. The molecule has 0 saturated heterocycles. The number of hydrogen-bond donors (Lipinski definition) is 0. The van der Waals surface area contributed by atoms with Gasteiger partial charge in [-0.3, -0.25) is 0 Å². The third-order valence-corrected chi connectivity index (χ3v) is 4.24. The number of hydrogen-bond acceptors (Lipinski definition) is 1. The molecule has 0 amide bonds. The molecule has 0 radical (unpaired) electrons. The summed E-state index contributed by atoms with van der Waals surface area (Å²) in [5, 5.41) is 2.24. The van der Waals surface area contributed by atoms with E-state index in [9.17, 15) is 0 Å². The summed E-state index contributed by atoms with van der Waals surface area (Å²) in [7, 11) is 0. The monoisotopic (exact) mass is 224 g/mol. The maximum atomic E-state index is 2.37. The van der Waals surface area contributed by atoms with Crippen LogP contribution in [0.15, 0.2) is 11.4 Å². The van der Waals surface area contributed by atoms with Crippen LogP contribution < -0.4 is 0 Å². The molecule has 0 fully saturated rings. The second-order valence-corrected chi connectivity index (χ2v) is 6.96. The minimum atomic E-state index is 0.278. The van der Waals surface area contributed by atoms with Gasteiger partial charge in [0.25, 0.3) is 0 Å². The second kappa shape index (κ2) is 4.29. The number of rotatable bonds is 3. The Morgan fingerprint density at radius 3 is 2.20 bits per heavy atom. The Morgan fingerprint density at radius 1 is 1.13 bits per heavy atom. The fraction of sp³-hybridized carbons (Fsp3) is 0.714. The summed E-state index contributed by atoms with van der Waals surface area (Å²) < 4.78 is 0. The fourth-order valence-corrected chi connectivity index (χ4v) is 3.42. The van der Waals surface area contributed by atoms with Gasteiger partial charge in [0.15, 0.2) is 0 Å². The first kappa shape index (κ1) is 12.8. The summed E-state index contributed by atoms with van der Waals surface area (Å²) in [6, 6.07) is 2.30. The highest BCUT2D eigenvalue weighted by atomic mass is 32.1. The predicted molar refractivity (Wildman–Crippen MR) is 71.0 cm³/mol. The normalized spacial score (nSPS) is 13.2. The van der Waals surface area contributed by atoms with E-state index in [0.717, 1.165) is 0 Å². The van der Waals surface area contributed by atoms with Crippen molar-refractivity contribution < 1.29 is 0 Å². The van der Waals surface area contributed by atoms with Gasteiger partial charge in [-0.25, -0.2) is 0 Å². The van der Waals surface area contributed by atoms with Crippen LogP contribution in [0.2, 0.25) is 0 Å². The Bertz CT molecular complexity index is 312. The van der Waals surface area contributed by atoms with Crippen LogP contribution in [0, 0.1) is 0 Å². The summed E-state index contributed by atoms with van der Waals surface area (Å²) in [5.41, 5.74) is 2.15. The van der Waals surface area contributed by atoms with E-state index in [2.05, 4.69) is 53.0 Å². The summed E-state index contributed by atoms with van der Waals surface area (Å²) in [6.45, 7) is 13.9. The van der Waals surface area contributed by atoms with Crippen LogP contribution in [0.5, 0.6) is 0 Å². The van der Waals surface area contributed by atoms with Crippen LogP contribution in [0.25, 0.3) is 0 Å². The summed E-state index contributed by atoms with van der Waals surface area (Å²) in [6.07, 6.45) is 2.53. The molecule has 1 aromatic rings. The van der Waals surface area contributed by atoms with Crippen LogP contribution in [-0.4, -0.2) is 0 Å². The maximum absolute atomic E-state index is 2.37. The van der Waals surface area contributed by atoms with E-state index in [4.69, 9.17) is 0 Å². The van der Waals surface area contributed by atoms with Crippen LogP contribution in [0.1, 0.15) is 64.8 Å². The Balaban J connectivity index is 3.10. The molecule has 0 unspecified atom stereocenters. The molecule has 0 aliphatic heterocycles. The molecule has 1 rings (SSSR count). The molecule has 0 N–H and O–H groups in total. The predicted octanol–water partition coefficient (Wildman–Crippen LogP) is 5.12. The molecule has 0 bridgehead atoms. The minimum absolute atomic E-state index is 0.278. The average Bonchev–Trinajstić information content (AvgIpc) is 2.49. The molecule has 0 saturated carbocycles. The highest BCUT2D eigenvalue weighted by molar-refractivity contribution is 7.10. The van der Waals surface area contributed by atoms with Crippen molar-refractivity contribution in [1.29, 1.82) is 0 Å². The summed E-state index contributed by atoms with van der Waals surface area (Å²) in [5.74, 6) is 0. The van der Waals surface area contributed by atoms with E-state index >= 15 is 0 Å².